The Morgan fingerprint density at radius 3 is 2.58 bits per heavy atom. The number of carboxylic acid groups (broad SMARTS) is 1. The molecule has 200 valence electrons. The number of nitrogens with one attached hydrogen (secondary N) is 1. The quantitative estimate of drug-likeness (QED) is 0.389. The lowest BCUT2D eigenvalue weighted by Gasteiger charge is -2.49. The first-order valence-corrected chi connectivity index (χ1v) is 13.9. The Kier molecular flexibility index (Phi) is 7.00. The van der Waals surface area contributed by atoms with E-state index in [0.717, 1.165) is 24.1 Å². The number of aliphatic hydroxyl groups excluding tert-OH is 1. The van der Waals surface area contributed by atoms with Gasteiger partial charge in [-0.2, -0.15) is 0 Å². The number of thiazole rings is 1. The van der Waals surface area contributed by atoms with Crippen molar-refractivity contribution in [3.05, 3.63) is 75.9 Å². The van der Waals surface area contributed by atoms with Gasteiger partial charge in [0, 0.05) is 11.1 Å². The van der Waals surface area contributed by atoms with Crippen LogP contribution in [0.15, 0.2) is 54.2 Å². The van der Waals surface area contributed by atoms with Crippen molar-refractivity contribution in [3.63, 3.8) is 0 Å². The van der Waals surface area contributed by atoms with E-state index >= 15 is 0 Å². The lowest BCUT2D eigenvalue weighted by Crippen LogP contribution is -2.59. The summed E-state index contributed by atoms with van der Waals surface area (Å²) in [6.07, 6.45) is 3.02. The molecule has 2 aliphatic rings. The lowest BCUT2D eigenvalue weighted by atomic mass is 9.68. The Balaban J connectivity index is 1.36. The minimum atomic E-state index is -1.03. The number of likely N-dealkylation sites (tertiary alicyclic amines) is 1. The van der Waals surface area contributed by atoms with Gasteiger partial charge in [0.15, 0.2) is 0 Å². The topological polar surface area (TPSA) is 116 Å². The first-order valence-electron chi connectivity index (χ1n) is 13.0. The average Bonchev–Trinajstić information content (AvgIpc) is 3.60. The number of pyridine rings is 1. The van der Waals surface area contributed by atoms with Crippen molar-refractivity contribution in [1.29, 1.82) is 0 Å². The van der Waals surface area contributed by atoms with Crippen LogP contribution >= 0.6 is 11.3 Å². The largest absolute Gasteiger partial charge is 0.465 e. The van der Waals surface area contributed by atoms with Gasteiger partial charge >= 0.3 is 6.09 Å². The molecule has 2 aromatic heterocycles. The summed E-state index contributed by atoms with van der Waals surface area (Å²) in [6, 6.07) is 12.4. The zero-order chi connectivity index (χ0) is 27.1. The van der Waals surface area contributed by atoms with E-state index in [1.54, 1.807) is 29.1 Å². The van der Waals surface area contributed by atoms with Crippen molar-refractivity contribution >= 4 is 29.2 Å². The molecular formula is C29H34N4O4S. The number of amides is 2. The molecule has 0 saturated carbocycles. The van der Waals surface area contributed by atoms with E-state index in [9.17, 15) is 19.8 Å². The van der Waals surface area contributed by atoms with Crippen molar-refractivity contribution in [1.82, 2.24) is 14.9 Å². The van der Waals surface area contributed by atoms with Crippen LogP contribution < -0.4 is 5.32 Å². The SMILES string of the molecule is CC(C)(C)[C@@]1(Cc2ccc(NC(=O)[C@@H]3CCc4scnc43)nc2)CC[C@H]([C@H](O)c2ccccc2)N1C(=O)O. The van der Waals surface area contributed by atoms with Crippen molar-refractivity contribution < 1.29 is 19.8 Å². The molecule has 5 rings (SSSR count). The third-order valence-corrected chi connectivity index (χ3v) is 9.21. The van der Waals surface area contributed by atoms with Crippen molar-refractivity contribution in [2.75, 3.05) is 5.32 Å². The fourth-order valence-electron chi connectivity index (χ4n) is 6.20. The summed E-state index contributed by atoms with van der Waals surface area (Å²) >= 11 is 1.59. The maximum atomic E-state index is 12.9. The number of hydrogen-bond acceptors (Lipinski definition) is 6. The Hall–Kier alpha value is -3.30. The summed E-state index contributed by atoms with van der Waals surface area (Å²) in [5.41, 5.74) is 3.10. The molecular weight excluding hydrogens is 500 g/mol. The zero-order valence-electron chi connectivity index (χ0n) is 21.9. The maximum Gasteiger partial charge on any atom is 0.408 e. The van der Waals surface area contributed by atoms with E-state index < -0.39 is 29.2 Å². The van der Waals surface area contributed by atoms with E-state index in [1.807, 2.05) is 36.4 Å². The molecule has 3 aromatic rings. The number of aryl methyl sites for hydroxylation is 1. The highest BCUT2D eigenvalue weighted by atomic mass is 32.1. The molecule has 0 unspecified atom stereocenters. The normalized spacial score (nSPS) is 23.7. The van der Waals surface area contributed by atoms with Crippen LogP contribution in [-0.4, -0.2) is 48.7 Å². The number of fused-ring (bicyclic) bond motifs is 1. The number of aromatic nitrogens is 2. The second-order valence-electron chi connectivity index (χ2n) is 11.4. The summed E-state index contributed by atoms with van der Waals surface area (Å²) < 4.78 is 0. The van der Waals surface area contributed by atoms with Gasteiger partial charge in [0.25, 0.3) is 0 Å². The molecule has 0 radical (unpaired) electrons. The number of benzene rings is 1. The number of nitrogens with zero attached hydrogens (tertiary/aromatic N) is 3. The minimum Gasteiger partial charge on any atom is -0.465 e. The fourth-order valence-corrected chi connectivity index (χ4v) is 7.04. The van der Waals surface area contributed by atoms with Gasteiger partial charge in [0.2, 0.25) is 5.91 Å². The number of aliphatic hydroxyl groups is 1. The zero-order valence-corrected chi connectivity index (χ0v) is 22.7. The molecule has 4 atom stereocenters. The van der Waals surface area contributed by atoms with E-state index in [0.29, 0.717) is 30.6 Å². The highest BCUT2D eigenvalue weighted by molar-refractivity contribution is 7.09. The number of carbonyl (C=O) groups is 2. The monoisotopic (exact) mass is 534 g/mol. The molecule has 0 bridgehead atoms. The molecule has 1 aliphatic heterocycles. The van der Waals surface area contributed by atoms with Gasteiger partial charge in [-0.25, -0.2) is 14.8 Å². The van der Waals surface area contributed by atoms with Gasteiger partial charge in [0.1, 0.15) is 5.82 Å². The van der Waals surface area contributed by atoms with E-state index in [1.165, 1.54) is 9.78 Å². The Morgan fingerprint density at radius 2 is 1.92 bits per heavy atom. The molecule has 38 heavy (non-hydrogen) atoms. The number of anilines is 1. The first kappa shape index (κ1) is 26.3. The van der Waals surface area contributed by atoms with E-state index in [4.69, 9.17) is 0 Å². The molecule has 1 fully saturated rings. The van der Waals surface area contributed by atoms with Crippen molar-refractivity contribution in [2.24, 2.45) is 5.41 Å². The van der Waals surface area contributed by atoms with E-state index in [2.05, 4.69) is 36.1 Å². The van der Waals surface area contributed by atoms with Crippen LogP contribution in [0.4, 0.5) is 10.6 Å². The van der Waals surface area contributed by atoms with Crippen molar-refractivity contribution in [2.45, 2.75) is 76.5 Å². The minimum absolute atomic E-state index is 0.105. The lowest BCUT2D eigenvalue weighted by molar-refractivity contribution is -0.117. The molecule has 3 N–H and O–H groups in total. The van der Waals surface area contributed by atoms with Gasteiger partial charge in [0.05, 0.1) is 34.8 Å². The number of carbonyl (C=O) groups excluding carboxylic acids is 1. The summed E-state index contributed by atoms with van der Waals surface area (Å²) in [5, 5.41) is 24.5. The second-order valence-corrected chi connectivity index (χ2v) is 12.3. The van der Waals surface area contributed by atoms with Crippen LogP contribution in [-0.2, 0) is 17.6 Å². The van der Waals surface area contributed by atoms with Crippen LogP contribution in [0.1, 0.15) is 73.8 Å². The standard InChI is InChI=1S/C29H34N4O4S/c1-28(2,3)29(14-13-21(33(29)27(36)37)25(34)19-7-5-4-6-8-19)15-18-9-12-23(30-16-18)32-26(35)20-10-11-22-24(20)31-17-38-22/h4-9,12,16-17,20-21,25,34H,10-11,13-15H2,1-3H3,(H,36,37)(H,30,32,35)/t20-,21-,25-,29+/m1/s1. The maximum absolute atomic E-state index is 12.9. The predicted molar refractivity (Wildman–Crippen MR) is 146 cm³/mol. The Bertz CT molecular complexity index is 1300. The van der Waals surface area contributed by atoms with Crippen LogP contribution in [0.3, 0.4) is 0 Å². The molecule has 1 saturated heterocycles. The van der Waals surface area contributed by atoms with Gasteiger partial charge in [-0.05, 0) is 54.7 Å². The summed E-state index contributed by atoms with van der Waals surface area (Å²) in [4.78, 5) is 37.1. The summed E-state index contributed by atoms with van der Waals surface area (Å²) in [7, 11) is 0. The van der Waals surface area contributed by atoms with Crippen LogP contribution in [0.2, 0.25) is 0 Å². The highest BCUT2D eigenvalue weighted by Crippen LogP contribution is 2.50. The van der Waals surface area contributed by atoms with Gasteiger partial charge in [-0.15, -0.1) is 11.3 Å². The van der Waals surface area contributed by atoms with Crippen molar-refractivity contribution in [3.8, 4) is 0 Å². The number of hydrogen-bond donors (Lipinski definition) is 3. The third-order valence-electron chi connectivity index (χ3n) is 8.31. The fraction of sp³-hybridized carbons (Fsp3) is 0.448. The van der Waals surface area contributed by atoms with Crippen LogP contribution in [0, 0.1) is 5.41 Å². The van der Waals surface area contributed by atoms with E-state index in [-0.39, 0.29) is 11.8 Å². The predicted octanol–water partition coefficient (Wildman–Crippen LogP) is 5.41. The highest BCUT2D eigenvalue weighted by Gasteiger charge is 2.57. The first-order chi connectivity index (χ1) is 18.1. The molecule has 8 nitrogen and oxygen atoms in total. The molecule has 0 spiro atoms. The number of rotatable bonds is 6. The summed E-state index contributed by atoms with van der Waals surface area (Å²) in [5.74, 6) is 0.107. The third kappa shape index (κ3) is 4.69. The van der Waals surface area contributed by atoms with Gasteiger partial charge < -0.3 is 15.5 Å². The Labute approximate surface area is 226 Å². The molecule has 9 heteroatoms. The van der Waals surface area contributed by atoms with Gasteiger partial charge in [-0.1, -0.05) is 57.2 Å². The smallest absolute Gasteiger partial charge is 0.408 e. The Morgan fingerprint density at radius 1 is 1.16 bits per heavy atom. The second kappa shape index (κ2) is 10.1. The average molecular weight is 535 g/mol. The molecule has 2 amide bonds. The summed E-state index contributed by atoms with van der Waals surface area (Å²) in [6.45, 7) is 6.16. The van der Waals surface area contributed by atoms with Crippen LogP contribution in [0.5, 0.6) is 0 Å². The molecule has 1 aromatic carbocycles. The van der Waals surface area contributed by atoms with Crippen LogP contribution in [0.25, 0.3) is 0 Å². The van der Waals surface area contributed by atoms with Gasteiger partial charge in [-0.3, -0.25) is 9.69 Å². The molecule has 1 aliphatic carbocycles. The molecule has 3 heterocycles.